The number of hydrogen-bond donors (Lipinski definition) is 2. The highest BCUT2D eigenvalue weighted by atomic mass is 32.2. The average molecular weight is 326 g/mol. The maximum absolute atomic E-state index is 12.5. The van der Waals surface area contributed by atoms with Crippen LogP contribution in [0.15, 0.2) is 23.1 Å². The first-order valence-corrected chi connectivity index (χ1v) is 8.97. The quantitative estimate of drug-likeness (QED) is 0.787. The second kappa shape index (κ2) is 5.66. The second-order valence-corrected chi connectivity index (χ2v) is 8.36. The summed E-state index contributed by atoms with van der Waals surface area (Å²) in [6.07, 6.45) is 2.18. The molecule has 1 aromatic carbocycles. The Hall–Kier alpha value is -0.980. The standard InChI is InChI=1S/C15H22N2O2S2/c1-10(2)15(6-7-15)9-17-21(18,19)13-5-4-12(14(16)20)8-11(13)3/h4-5,8,10,17H,6-7,9H2,1-3H3,(H2,16,20). The summed E-state index contributed by atoms with van der Waals surface area (Å²) in [4.78, 5) is 0.564. The lowest BCUT2D eigenvalue weighted by molar-refractivity contribution is 0.357. The predicted octanol–water partition coefficient (Wildman–Crippen LogP) is 2.34. The first-order chi connectivity index (χ1) is 9.68. The lowest BCUT2D eigenvalue weighted by Crippen LogP contribution is -2.33. The van der Waals surface area contributed by atoms with Gasteiger partial charge in [-0.1, -0.05) is 32.1 Å². The molecule has 0 unspecified atom stereocenters. The van der Waals surface area contributed by atoms with E-state index in [0.29, 0.717) is 28.5 Å². The molecule has 0 spiro atoms. The monoisotopic (exact) mass is 326 g/mol. The van der Waals surface area contributed by atoms with E-state index in [1.54, 1.807) is 25.1 Å². The van der Waals surface area contributed by atoms with Crippen LogP contribution in [0.1, 0.15) is 37.8 Å². The normalized spacial score (nSPS) is 17.0. The number of sulfonamides is 1. The van der Waals surface area contributed by atoms with Crippen molar-refractivity contribution in [3.8, 4) is 0 Å². The predicted molar refractivity (Wildman–Crippen MR) is 88.8 cm³/mol. The molecule has 0 bridgehead atoms. The van der Waals surface area contributed by atoms with Gasteiger partial charge >= 0.3 is 0 Å². The molecule has 2 rings (SSSR count). The number of nitrogens with one attached hydrogen (secondary N) is 1. The Bertz CT molecular complexity index is 662. The highest BCUT2D eigenvalue weighted by molar-refractivity contribution is 7.89. The van der Waals surface area contributed by atoms with Gasteiger partial charge in [0.15, 0.2) is 0 Å². The summed E-state index contributed by atoms with van der Waals surface area (Å²) in [6.45, 7) is 6.54. The number of benzene rings is 1. The molecule has 1 aliphatic rings. The molecule has 21 heavy (non-hydrogen) atoms. The van der Waals surface area contributed by atoms with Gasteiger partial charge in [0.05, 0.1) is 4.90 Å². The molecular formula is C15H22N2O2S2. The first kappa shape index (κ1) is 16.4. The molecule has 0 aliphatic heterocycles. The SMILES string of the molecule is Cc1cc(C(N)=S)ccc1S(=O)(=O)NCC1(C(C)C)CC1. The highest BCUT2D eigenvalue weighted by Gasteiger charge is 2.45. The van der Waals surface area contributed by atoms with Crippen molar-refractivity contribution in [3.05, 3.63) is 29.3 Å². The van der Waals surface area contributed by atoms with Crippen LogP contribution in [-0.4, -0.2) is 20.0 Å². The molecule has 0 radical (unpaired) electrons. The van der Waals surface area contributed by atoms with Gasteiger partial charge in [-0.25, -0.2) is 13.1 Å². The van der Waals surface area contributed by atoms with Crippen LogP contribution in [0.25, 0.3) is 0 Å². The Morgan fingerprint density at radius 3 is 2.48 bits per heavy atom. The lowest BCUT2D eigenvalue weighted by Gasteiger charge is -2.20. The van der Waals surface area contributed by atoms with Crippen LogP contribution in [0.4, 0.5) is 0 Å². The zero-order valence-corrected chi connectivity index (χ0v) is 14.3. The van der Waals surface area contributed by atoms with Gasteiger partial charge in [0.1, 0.15) is 4.99 Å². The second-order valence-electron chi connectivity index (χ2n) is 6.19. The third-order valence-electron chi connectivity index (χ3n) is 4.48. The maximum atomic E-state index is 12.5. The number of thiocarbonyl (C=S) groups is 1. The zero-order chi connectivity index (χ0) is 15.8. The fourth-order valence-electron chi connectivity index (χ4n) is 2.54. The van der Waals surface area contributed by atoms with Crippen LogP contribution in [0.5, 0.6) is 0 Å². The number of aryl methyl sites for hydroxylation is 1. The zero-order valence-electron chi connectivity index (χ0n) is 12.6. The van der Waals surface area contributed by atoms with Crippen LogP contribution in [0, 0.1) is 18.3 Å². The molecule has 0 aromatic heterocycles. The lowest BCUT2D eigenvalue weighted by atomic mass is 9.93. The average Bonchev–Trinajstić information content (AvgIpc) is 3.17. The van der Waals surface area contributed by atoms with Crippen LogP contribution in [0.2, 0.25) is 0 Å². The van der Waals surface area contributed by atoms with E-state index in [9.17, 15) is 8.42 Å². The van der Waals surface area contributed by atoms with Crippen molar-refractivity contribution in [1.82, 2.24) is 4.72 Å². The fraction of sp³-hybridized carbons (Fsp3) is 0.533. The minimum atomic E-state index is -3.49. The molecule has 3 N–H and O–H groups in total. The largest absolute Gasteiger partial charge is 0.389 e. The van der Waals surface area contributed by atoms with E-state index in [2.05, 4.69) is 18.6 Å². The molecule has 1 aliphatic carbocycles. The van der Waals surface area contributed by atoms with Gasteiger partial charge in [-0.3, -0.25) is 0 Å². The van der Waals surface area contributed by atoms with Crippen LogP contribution in [0.3, 0.4) is 0 Å². The highest BCUT2D eigenvalue weighted by Crippen LogP contribution is 2.51. The molecular weight excluding hydrogens is 304 g/mol. The molecule has 1 saturated carbocycles. The van der Waals surface area contributed by atoms with Gasteiger partial charge in [-0.2, -0.15) is 0 Å². The summed E-state index contributed by atoms with van der Waals surface area (Å²) < 4.78 is 27.7. The summed E-state index contributed by atoms with van der Waals surface area (Å²) in [7, 11) is -3.49. The van der Waals surface area contributed by atoms with Crippen molar-refractivity contribution in [2.45, 2.75) is 38.5 Å². The third kappa shape index (κ3) is 3.44. The Balaban J connectivity index is 2.18. The first-order valence-electron chi connectivity index (χ1n) is 7.08. The minimum absolute atomic E-state index is 0.139. The van der Waals surface area contributed by atoms with Crippen molar-refractivity contribution in [2.24, 2.45) is 17.1 Å². The van der Waals surface area contributed by atoms with Gasteiger partial charge in [0.2, 0.25) is 10.0 Å². The molecule has 4 nitrogen and oxygen atoms in total. The summed E-state index contributed by atoms with van der Waals surface area (Å²) >= 11 is 4.91. The summed E-state index contributed by atoms with van der Waals surface area (Å²) in [5, 5.41) is 0. The molecule has 116 valence electrons. The van der Waals surface area contributed by atoms with Gasteiger partial charge in [0.25, 0.3) is 0 Å². The Labute approximate surface area is 132 Å². The van der Waals surface area contributed by atoms with Gasteiger partial charge in [-0.05, 0) is 48.8 Å². The molecule has 1 aromatic rings. The van der Waals surface area contributed by atoms with Gasteiger partial charge < -0.3 is 5.73 Å². The van der Waals surface area contributed by atoms with Crippen molar-refractivity contribution in [3.63, 3.8) is 0 Å². The Morgan fingerprint density at radius 1 is 1.43 bits per heavy atom. The van der Waals surface area contributed by atoms with Crippen molar-refractivity contribution in [1.29, 1.82) is 0 Å². The van der Waals surface area contributed by atoms with E-state index >= 15 is 0 Å². The van der Waals surface area contributed by atoms with Crippen molar-refractivity contribution in [2.75, 3.05) is 6.54 Å². The minimum Gasteiger partial charge on any atom is -0.389 e. The van der Waals surface area contributed by atoms with E-state index in [4.69, 9.17) is 18.0 Å². The van der Waals surface area contributed by atoms with E-state index in [1.165, 1.54) is 0 Å². The van der Waals surface area contributed by atoms with Crippen molar-refractivity contribution < 1.29 is 8.42 Å². The number of rotatable bonds is 6. The third-order valence-corrected chi connectivity index (χ3v) is 6.28. The topological polar surface area (TPSA) is 72.2 Å². The molecule has 1 fully saturated rings. The Kier molecular flexibility index (Phi) is 4.42. The summed E-state index contributed by atoms with van der Waals surface area (Å²) in [5.74, 6) is 0.485. The Morgan fingerprint density at radius 2 is 2.05 bits per heavy atom. The summed E-state index contributed by atoms with van der Waals surface area (Å²) in [6, 6.07) is 4.94. The van der Waals surface area contributed by atoms with Gasteiger partial charge in [-0.15, -0.1) is 0 Å². The number of nitrogens with two attached hydrogens (primary N) is 1. The van der Waals surface area contributed by atoms with Gasteiger partial charge in [0, 0.05) is 12.1 Å². The molecule has 0 heterocycles. The molecule has 0 atom stereocenters. The molecule has 0 saturated heterocycles. The van der Waals surface area contributed by atoms with E-state index in [-0.39, 0.29) is 10.4 Å². The van der Waals surface area contributed by atoms with Crippen LogP contribution in [-0.2, 0) is 10.0 Å². The van der Waals surface area contributed by atoms with Crippen LogP contribution < -0.4 is 10.5 Å². The molecule has 6 heteroatoms. The van der Waals surface area contributed by atoms with E-state index < -0.39 is 10.0 Å². The number of hydrogen-bond acceptors (Lipinski definition) is 3. The fourth-order valence-corrected chi connectivity index (χ4v) is 4.03. The summed E-state index contributed by atoms with van der Waals surface area (Å²) in [5.41, 5.74) is 7.04. The smallest absolute Gasteiger partial charge is 0.240 e. The maximum Gasteiger partial charge on any atom is 0.240 e. The molecule has 0 amide bonds. The van der Waals surface area contributed by atoms with Crippen molar-refractivity contribution >= 4 is 27.2 Å². The van der Waals surface area contributed by atoms with Crippen LogP contribution >= 0.6 is 12.2 Å². The van der Waals surface area contributed by atoms with E-state index in [1.807, 2.05) is 0 Å². The van der Waals surface area contributed by atoms with E-state index in [0.717, 1.165) is 12.8 Å².